The van der Waals surface area contributed by atoms with Crippen LogP contribution < -0.4 is 6.15 Å². The summed E-state index contributed by atoms with van der Waals surface area (Å²) in [5.74, 6) is -1.72. The predicted octanol–water partition coefficient (Wildman–Crippen LogP) is 1.70. The molecule has 0 amide bonds. The van der Waals surface area contributed by atoms with E-state index in [4.69, 9.17) is 15.6 Å². The molecule has 0 rings (SSSR count). The van der Waals surface area contributed by atoms with Crippen LogP contribution in [0.1, 0.15) is 26.2 Å². The maximum atomic E-state index is 10.2. The minimum atomic E-state index is -0.923. The highest BCUT2D eigenvalue weighted by Gasteiger charge is 2.19. The third-order valence-corrected chi connectivity index (χ3v) is 1.93. The summed E-state index contributed by atoms with van der Waals surface area (Å²) < 4.78 is 0. The van der Waals surface area contributed by atoms with E-state index in [-0.39, 0.29) is 24.9 Å². The molecule has 0 fully saturated rings. The second kappa shape index (κ2) is 8.03. The fraction of sp³-hybridized carbons (Fsp3) is 0.667. The van der Waals surface area contributed by atoms with Crippen molar-refractivity contribution in [3.63, 3.8) is 0 Å². The van der Waals surface area contributed by atoms with E-state index in [9.17, 15) is 4.79 Å². The Morgan fingerprint density at radius 3 is 2.14 bits per heavy atom. The lowest BCUT2D eigenvalue weighted by Crippen LogP contribution is -2.12. The lowest BCUT2D eigenvalue weighted by molar-refractivity contribution is -0.137. The van der Waals surface area contributed by atoms with Crippen LogP contribution in [0.25, 0.3) is 0 Å². The van der Waals surface area contributed by atoms with Crippen LogP contribution in [-0.4, -0.2) is 11.1 Å². The molecule has 0 aromatic rings. The number of carbonyl (C=O) groups is 1. The van der Waals surface area contributed by atoms with E-state index >= 15 is 0 Å². The maximum absolute atomic E-state index is 10.2. The largest absolute Gasteiger partial charge is 0.481 e. The summed E-state index contributed by atoms with van der Waals surface area (Å²) in [6.45, 7) is 1.82. The summed E-state index contributed by atoms with van der Waals surface area (Å²) in [7, 11) is 0. The number of hydrogen-bond acceptors (Lipinski definition) is 4. The second-order valence-electron chi connectivity index (χ2n) is 2.81. The zero-order valence-electron chi connectivity index (χ0n) is 8.23. The second-order valence-corrected chi connectivity index (χ2v) is 2.81. The Labute approximate surface area is 83.5 Å². The van der Waals surface area contributed by atoms with Crippen LogP contribution in [0.15, 0.2) is 0 Å². The molecule has 0 spiro atoms. The van der Waals surface area contributed by atoms with Gasteiger partial charge in [-0.05, 0) is 12.8 Å². The molecule has 0 radical (unpaired) electrons. The Morgan fingerprint density at radius 2 is 1.86 bits per heavy atom. The van der Waals surface area contributed by atoms with E-state index in [0.29, 0.717) is 6.42 Å². The number of rotatable bonds is 5. The van der Waals surface area contributed by atoms with Gasteiger partial charge in [0.25, 0.3) is 0 Å². The smallest absolute Gasteiger partial charge is 0.303 e. The Bertz CT molecular complexity index is 252. The van der Waals surface area contributed by atoms with Gasteiger partial charge < -0.3 is 11.3 Å². The number of nitrogens with zero attached hydrogens (tertiary/aromatic N) is 2. The monoisotopic (exact) mass is 197 g/mol. The molecule has 0 saturated carbocycles. The molecular weight excluding hydrogens is 182 g/mol. The zero-order chi connectivity index (χ0) is 10.3. The first-order chi connectivity index (χ1) is 6.15. The fourth-order valence-electron chi connectivity index (χ4n) is 1.10. The lowest BCUT2D eigenvalue weighted by Gasteiger charge is -2.11. The van der Waals surface area contributed by atoms with Gasteiger partial charge >= 0.3 is 5.97 Å². The molecule has 0 aliphatic rings. The van der Waals surface area contributed by atoms with Crippen molar-refractivity contribution >= 4 is 5.97 Å². The average molecular weight is 197 g/mol. The molecule has 4 N–H and O–H groups in total. The summed E-state index contributed by atoms with van der Waals surface area (Å²) in [5, 5.41) is 25.7. The van der Waals surface area contributed by atoms with E-state index in [0.717, 1.165) is 0 Å². The van der Waals surface area contributed by atoms with Gasteiger partial charge in [-0.2, -0.15) is 10.5 Å². The van der Waals surface area contributed by atoms with E-state index in [2.05, 4.69) is 0 Å². The number of carboxylic acids is 1. The maximum Gasteiger partial charge on any atom is 0.303 e. The van der Waals surface area contributed by atoms with Gasteiger partial charge in [0.2, 0.25) is 0 Å². The molecule has 0 bridgehead atoms. The fourth-order valence-corrected chi connectivity index (χ4v) is 1.10. The van der Waals surface area contributed by atoms with Crippen molar-refractivity contribution in [2.45, 2.75) is 26.2 Å². The number of hydrogen-bond donors (Lipinski definition) is 2. The molecule has 0 aliphatic carbocycles. The van der Waals surface area contributed by atoms with Gasteiger partial charge in [0, 0.05) is 6.42 Å². The van der Waals surface area contributed by atoms with Crippen molar-refractivity contribution < 1.29 is 9.90 Å². The Morgan fingerprint density at radius 1 is 1.36 bits per heavy atom. The molecule has 78 valence electrons. The minimum absolute atomic E-state index is 0. The first kappa shape index (κ1) is 14.9. The minimum Gasteiger partial charge on any atom is -0.481 e. The van der Waals surface area contributed by atoms with Gasteiger partial charge in [0.15, 0.2) is 0 Å². The van der Waals surface area contributed by atoms with Crippen molar-refractivity contribution in [1.82, 2.24) is 6.15 Å². The van der Waals surface area contributed by atoms with Crippen molar-refractivity contribution in [2.75, 3.05) is 0 Å². The van der Waals surface area contributed by atoms with E-state index in [1.807, 2.05) is 19.1 Å². The van der Waals surface area contributed by atoms with Gasteiger partial charge in [-0.3, -0.25) is 4.79 Å². The summed E-state index contributed by atoms with van der Waals surface area (Å²) in [6, 6.07) is 3.98. The summed E-state index contributed by atoms with van der Waals surface area (Å²) in [4.78, 5) is 10.2. The molecule has 2 unspecified atom stereocenters. The predicted molar refractivity (Wildman–Crippen MR) is 50.4 cm³/mol. The lowest BCUT2D eigenvalue weighted by atomic mass is 9.89. The molecule has 0 saturated heterocycles. The van der Waals surface area contributed by atoms with Crippen molar-refractivity contribution in [1.29, 1.82) is 10.5 Å². The Hall–Kier alpha value is -1.59. The average Bonchev–Trinajstić information content (AvgIpc) is 2.11. The quantitative estimate of drug-likeness (QED) is 0.694. The normalized spacial score (nSPS) is 12.8. The van der Waals surface area contributed by atoms with Crippen LogP contribution in [0.5, 0.6) is 0 Å². The van der Waals surface area contributed by atoms with E-state index in [1.165, 1.54) is 0 Å². The number of nitriles is 2. The summed E-state index contributed by atoms with van der Waals surface area (Å²) in [5.41, 5.74) is 0. The SMILES string of the molecule is CCC(C#N)C(C#N)CCC(=O)O.N. The van der Waals surface area contributed by atoms with Gasteiger partial charge in [0.05, 0.1) is 24.0 Å². The first-order valence-electron chi connectivity index (χ1n) is 4.16. The molecule has 0 aliphatic heterocycles. The molecule has 14 heavy (non-hydrogen) atoms. The summed E-state index contributed by atoms with van der Waals surface area (Å²) >= 11 is 0. The highest BCUT2D eigenvalue weighted by Crippen LogP contribution is 2.19. The van der Waals surface area contributed by atoms with Crippen LogP contribution in [0, 0.1) is 34.5 Å². The topological polar surface area (TPSA) is 120 Å². The van der Waals surface area contributed by atoms with Gasteiger partial charge in [-0.1, -0.05) is 6.92 Å². The highest BCUT2D eigenvalue weighted by molar-refractivity contribution is 5.66. The van der Waals surface area contributed by atoms with E-state index in [1.54, 1.807) is 0 Å². The van der Waals surface area contributed by atoms with Crippen LogP contribution >= 0.6 is 0 Å². The number of aliphatic carboxylic acids is 1. The van der Waals surface area contributed by atoms with Crippen molar-refractivity contribution in [3.8, 4) is 12.1 Å². The zero-order valence-corrected chi connectivity index (χ0v) is 8.23. The molecular formula is C9H15N3O2. The Kier molecular flexibility index (Phi) is 8.55. The molecule has 0 heterocycles. The van der Waals surface area contributed by atoms with Crippen molar-refractivity contribution in [2.24, 2.45) is 11.8 Å². The standard InChI is InChI=1S/C9H12N2O2.H3N/c1-2-7(5-10)8(6-11)3-4-9(12)13;/h7-8H,2-4H2,1H3,(H,12,13);1H3. The van der Waals surface area contributed by atoms with E-state index < -0.39 is 11.9 Å². The highest BCUT2D eigenvalue weighted by atomic mass is 16.4. The van der Waals surface area contributed by atoms with Crippen LogP contribution in [0.4, 0.5) is 0 Å². The van der Waals surface area contributed by atoms with Crippen LogP contribution in [-0.2, 0) is 4.79 Å². The van der Waals surface area contributed by atoms with Crippen molar-refractivity contribution in [3.05, 3.63) is 0 Å². The molecule has 5 nitrogen and oxygen atoms in total. The van der Waals surface area contributed by atoms with Gasteiger partial charge in [-0.15, -0.1) is 0 Å². The first-order valence-corrected chi connectivity index (χ1v) is 4.16. The third kappa shape index (κ3) is 5.13. The Balaban J connectivity index is 0. The molecule has 0 aromatic carbocycles. The molecule has 2 atom stereocenters. The van der Waals surface area contributed by atoms with Crippen LogP contribution in [0.2, 0.25) is 0 Å². The summed E-state index contributed by atoms with van der Waals surface area (Å²) in [6.07, 6.45) is 0.808. The molecule has 0 aromatic heterocycles. The third-order valence-electron chi connectivity index (χ3n) is 1.93. The van der Waals surface area contributed by atoms with Gasteiger partial charge in [-0.25, -0.2) is 0 Å². The number of carboxylic acid groups (broad SMARTS) is 1. The van der Waals surface area contributed by atoms with Crippen LogP contribution in [0.3, 0.4) is 0 Å². The van der Waals surface area contributed by atoms with Gasteiger partial charge in [0.1, 0.15) is 0 Å². The molecule has 5 heteroatoms.